The van der Waals surface area contributed by atoms with Crippen LogP contribution in [0.1, 0.15) is 28.4 Å². The van der Waals surface area contributed by atoms with Crippen LogP contribution in [-0.4, -0.2) is 30.6 Å². The number of carbonyl (C=O) groups excluding carboxylic acids is 1. The predicted molar refractivity (Wildman–Crippen MR) is 104 cm³/mol. The minimum absolute atomic E-state index is 0.242. The third kappa shape index (κ3) is 4.53. The number of anilines is 1. The van der Waals surface area contributed by atoms with Crippen molar-refractivity contribution in [1.29, 1.82) is 0 Å². The SMILES string of the molecule is CCOC(=O)c1cnn2ccc(NS(=O)(=O)/C=C/c3ccc(C)cc3)cc12. The highest BCUT2D eigenvalue weighted by Crippen LogP contribution is 2.18. The number of aryl methyl sites for hydroxylation is 1. The monoisotopic (exact) mass is 385 g/mol. The normalized spacial score (nSPS) is 11.8. The fourth-order valence-electron chi connectivity index (χ4n) is 2.45. The van der Waals surface area contributed by atoms with Gasteiger partial charge in [0.1, 0.15) is 5.56 Å². The number of benzene rings is 1. The average molecular weight is 385 g/mol. The van der Waals surface area contributed by atoms with Crippen molar-refractivity contribution in [3.8, 4) is 0 Å². The first-order chi connectivity index (χ1) is 12.9. The van der Waals surface area contributed by atoms with Gasteiger partial charge in [-0.2, -0.15) is 5.10 Å². The van der Waals surface area contributed by atoms with Gasteiger partial charge in [-0.3, -0.25) is 4.72 Å². The largest absolute Gasteiger partial charge is 0.462 e. The second-order valence-electron chi connectivity index (χ2n) is 5.88. The molecule has 0 radical (unpaired) electrons. The summed E-state index contributed by atoms with van der Waals surface area (Å²) in [7, 11) is -3.71. The standard InChI is InChI=1S/C19H19N3O4S/c1-3-26-19(23)17-13-20-22-10-8-16(12-18(17)22)21-27(24,25)11-9-15-6-4-14(2)5-7-15/h4-13,21H,3H2,1-2H3/b11-9+. The molecule has 3 aromatic rings. The molecule has 1 aromatic carbocycles. The maximum Gasteiger partial charge on any atom is 0.341 e. The Morgan fingerprint density at radius 1 is 1.26 bits per heavy atom. The molecule has 0 aliphatic heterocycles. The first-order valence-electron chi connectivity index (χ1n) is 8.30. The lowest BCUT2D eigenvalue weighted by atomic mass is 10.2. The minimum atomic E-state index is -3.71. The minimum Gasteiger partial charge on any atom is -0.462 e. The molecular formula is C19H19N3O4S. The smallest absolute Gasteiger partial charge is 0.341 e. The number of hydrogen-bond acceptors (Lipinski definition) is 5. The molecule has 1 N–H and O–H groups in total. The summed E-state index contributed by atoms with van der Waals surface area (Å²) >= 11 is 0. The van der Waals surface area contributed by atoms with Crippen LogP contribution in [0.5, 0.6) is 0 Å². The van der Waals surface area contributed by atoms with Crippen molar-refractivity contribution in [3.63, 3.8) is 0 Å². The summed E-state index contributed by atoms with van der Waals surface area (Å²) in [5.41, 5.74) is 2.92. The van der Waals surface area contributed by atoms with Gasteiger partial charge in [-0.25, -0.2) is 17.7 Å². The second-order valence-corrected chi connectivity index (χ2v) is 7.45. The first kappa shape index (κ1) is 18.7. The van der Waals surface area contributed by atoms with E-state index in [0.717, 1.165) is 16.5 Å². The molecule has 0 saturated heterocycles. The third-order valence-electron chi connectivity index (χ3n) is 3.79. The summed E-state index contributed by atoms with van der Waals surface area (Å²) in [6.45, 7) is 3.92. The molecule has 0 aliphatic rings. The molecule has 0 unspecified atom stereocenters. The van der Waals surface area contributed by atoms with E-state index < -0.39 is 16.0 Å². The summed E-state index contributed by atoms with van der Waals surface area (Å²) < 4.78 is 33.6. The van der Waals surface area contributed by atoms with Crippen LogP contribution in [0.3, 0.4) is 0 Å². The van der Waals surface area contributed by atoms with Gasteiger partial charge in [-0.05, 0) is 37.6 Å². The van der Waals surface area contributed by atoms with Gasteiger partial charge in [0.15, 0.2) is 0 Å². The van der Waals surface area contributed by atoms with Gasteiger partial charge in [0.05, 0.1) is 29.4 Å². The number of aromatic nitrogens is 2. The van der Waals surface area contributed by atoms with Crippen LogP contribution >= 0.6 is 0 Å². The quantitative estimate of drug-likeness (QED) is 0.658. The van der Waals surface area contributed by atoms with Crippen molar-refractivity contribution in [2.24, 2.45) is 0 Å². The van der Waals surface area contributed by atoms with Crippen molar-refractivity contribution in [1.82, 2.24) is 9.61 Å². The maximum atomic E-state index is 12.3. The van der Waals surface area contributed by atoms with Crippen LogP contribution in [0.4, 0.5) is 5.69 Å². The van der Waals surface area contributed by atoms with Gasteiger partial charge in [0, 0.05) is 6.20 Å². The number of ether oxygens (including phenoxy) is 1. The van der Waals surface area contributed by atoms with Crippen molar-refractivity contribution in [2.75, 3.05) is 11.3 Å². The van der Waals surface area contributed by atoms with E-state index in [9.17, 15) is 13.2 Å². The van der Waals surface area contributed by atoms with E-state index >= 15 is 0 Å². The molecule has 0 fully saturated rings. The van der Waals surface area contributed by atoms with Gasteiger partial charge < -0.3 is 4.74 Å². The molecule has 0 saturated carbocycles. The summed E-state index contributed by atoms with van der Waals surface area (Å²) in [6.07, 6.45) is 4.48. The topological polar surface area (TPSA) is 89.8 Å². The first-order valence-corrected chi connectivity index (χ1v) is 9.84. The van der Waals surface area contributed by atoms with E-state index in [0.29, 0.717) is 11.2 Å². The Morgan fingerprint density at radius 3 is 2.70 bits per heavy atom. The van der Waals surface area contributed by atoms with Gasteiger partial charge in [-0.1, -0.05) is 29.8 Å². The van der Waals surface area contributed by atoms with Gasteiger partial charge in [-0.15, -0.1) is 0 Å². The van der Waals surface area contributed by atoms with Crippen LogP contribution in [0.15, 0.2) is 54.2 Å². The second kappa shape index (κ2) is 7.63. The fourth-order valence-corrected chi connectivity index (χ4v) is 3.31. The Hall–Kier alpha value is -3.13. The molecule has 0 aliphatic carbocycles. The van der Waals surface area contributed by atoms with Gasteiger partial charge >= 0.3 is 5.97 Å². The highest BCUT2D eigenvalue weighted by Gasteiger charge is 2.15. The van der Waals surface area contributed by atoms with E-state index in [1.165, 1.54) is 22.9 Å². The lowest BCUT2D eigenvalue weighted by Crippen LogP contribution is -2.09. The zero-order valence-electron chi connectivity index (χ0n) is 14.9. The van der Waals surface area contributed by atoms with Gasteiger partial charge in [0.25, 0.3) is 10.0 Å². The van der Waals surface area contributed by atoms with Crippen LogP contribution in [0.25, 0.3) is 11.6 Å². The van der Waals surface area contributed by atoms with E-state index in [1.54, 1.807) is 19.2 Å². The van der Waals surface area contributed by atoms with Gasteiger partial charge in [0.2, 0.25) is 0 Å². The molecule has 7 nitrogen and oxygen atoms in total. The molecule has 27 heavy (non-hydrogen) atoms. The summed E-state index contributed by atoms with van der Waals surface area (Å²) in [4.78, 5) is 12.0. The Kier molecular flexibility index (Phi) is 5.27. The number of fused-ring (bicyclic) bond motifs is 1. The number of carbonyl (C=O) groups is 1. The number of rotatable bonds is 6. The van der Waals surface area contributed by atoms with Crippen molar-refractivity contribution in [2.45, 2.75) is 13.8 Å². The average Bonchev–Trinajstić information content (AvgIpc) is 3.04. The number of esters is 1. The number of sulfonamides is 1. The number of nitrogens with one attached hydrogen (secondary N) is 1. The number of hydrogen-bond donors (Lipinski definition) is 1. The molecule has 0 amide bonds. The van der Waals surface area contributed by atoms with E-state index in [4.69, 9.17) is 4.74 Å². The summed E-state index contributed by atoms with van der Waals surface area (Å²) in [5.74, 6) is -0.508. The van der Waals surface area contributed by atoms with Crippen molar-refractivity contribution >= 4 is 33.3 Å². The van der Waals surface area contributed by atoms with E-state index in [1.807, 2.05) is 31.2 Å². The molecule has 3 rings (SSSR count). The van der Waals surface area contributed by atoms with E-state index in [2.05, 4.69) is 9.82 Å². The molecule has 2 heterocycles. The van der Waals surface area contributed by atoms with Crippen LogP contribution in [-0.2, 0) is 14.8 Å². The fraction of sp³-hybridized carbons (Fsp3) is 0.158. The molecule has 0 bridgehead atoms. The van der Waals surface area contributed by atoms with Crippen LogP contribution in [0.2, 0.25) is 0 Å². The Labute approximate surface area is 157 Å². The highest BCUT2D eigenvalue weighted by atomic mass is 32.2. The zero-order chi connectivity index (χ0) is 19.4. The van der Waals surface area contributed by atoms with E-state index in [-0.39, 0.29) is 12.2 Å². The maximum absolute atomic E-state index is 12.3. The molecule has 140 valence electrons. The summed E-state index contributed by atoms with van der Waals surface area (Å²) in [6, 6.07) is 10.6. The lowest BCUT2D eigenvalue weighted by molar-refractivity contribution is 0.0528. The number of pyridine rings is 1. The molecule has 0 spiro atoms. The third-order valence-corrected chi connectivity index (χ3v) is 4.81. The Balaban J connectivity index is 1.83. The molecule has 2 aromatic heterocycles. The highest BCUT2D eigenvalue weighted by molar-refractivity contribution is 7.95. The van der Waals surface area contributed by atoms with Crippen LogP contribution < -0.4 is 4.72 Å². The van der Waals surface area contributed by atoms with Crippen molar-refractivity contribution < 1.29 is 17.9 Å². The molecular weight excluding hydrogens is 366 g/mol. The van der Waals surface area contributed by atoms with Crippen molar-refractivity contribution in [3.05, 3.63) is 70.9 Å². The van der Waals surface area contributed by atoms with Crippen LogP contribution in [0, 0.1) is 6.92 Å². The number of nitrogens with zero attached hydrogens (tertiary/aromatic N) is 2. The predicted octanol–water partition coefficient (Wildman–Crippen LogP) is 3.23. The zero-order valence-corrected chi connectivity index (χ0v) is 15.7. The Morgan fingerprint density at radius 2 is 2.00 bits per heavy atom. The molecule has 8 heteroatoms. The molecule has 0 atom stereocenters. The summed E-state index contributed by atoms with van der Waals surface area (Å²) in [5, 5.41) is 5.17. The lowest BCUT2D eigenvalue weighted by Gasteiger charge is -2.06. The Bertz CT molecular complexity index is 1100.